The molecular weight excluding hydrogens is 244 g/mol. The number of aromatic nitrogens is 4. The lowest BCUT2D eigenvalue weighted by Crippen LogP contribution is -2.29. The van der Waals surface area contributed by atoms with Crippen molar-refractivity contribution in [3.05, 3.63) is 6.33 Å². The van der Waals surface area contributed by atoms with Crippen LogP contribution in [0.4, 0.5) is 11.8 Å². The van der Waals surface area contributed by atoms with E-state index in [1.807, 2.05) is 0 Å². The Morgan fingerprint density at radius 1 is 1.32 bits per heavy atom. The molecule has 0 aromatic carbocycles. The first-order valence-electron chi connectivity index (χ1n) is 6.41. The highest BCUT2D eigenvalue weighted by molar-refractivity contribution is 5.83. The van der Waals surface area contributed by atoms with Crippen LogP contribution in [0.25, 0.3) is 11.2 Å². The van der Waals surface area contributed by atoms with Gasteiger partial charge < -0.3 is 20.7 Å². The molecule has 2 aromatic rings. The molecule has 0 aliphatic rings. The van der Waals surface area contributed by atoms with Gasteiger partial charge in [-0.1, -0.05) is 6.92 Å². The van der Waals surface area contributed by atoms with Crippen molar-refractivity contribution in [2.45, 2.75) is 32.8 Å². The fourth-order valence-electron chi connectivity index (χ4n) is 1.58. The van der Waals surface area contributed by atoms with E-state index in [9.17, 15) is 5.11 Å². The average Bonchev–Trinajstić information content (AvgIpc) is 2.80. The van der Waals surface area contributed by atoms with E-state index in [1.165, 1.54) is 0 Å². The number of imidazole rings is 1. The fourth-order valence-corrected chi connectivity index (χ4v) is 1.58. The van der Waals surface area contributed by atoms with Crippen LogP contribution in [0.1, 0.15) is 27.2 Å². The minimum atomic E-state index is -0.811. The third-order valence-corrected chi connectivity index (χ3v) is 2.51. The van der Waals surface area contributed by atoms with Crippen LogP contribution < -0.4 is 10.6 Å². The highest BCUT2D eigenvalue weighted by Crippen LogP contribution is 2.19. The van der Waals surface area contributed by atoms with Crippen LogP contribution in [0.5, 0.6) is 0 Å². The zero-order valence-corrected chi connectivity index (χ0v) is 11.5. The Kier molecular flexibility index (Phi) is 3.84. The summed E-state index contributed by atoms with van der Waals surface area (Å²) >= 11 is 0. The fraction of sp³-hybridized carbons (Fsp3) is 0.583. The largest absolute Gasteiger partial charge is 0.389 e. The van der Waals surface area contributed by atoms with E-state index in [4.69, 9.17) is 0 Å². The molecule has 4 N–H and O–H groups in total. The van der Waals surface area contributed by atoms with E-state index < -0.39 is 5.60 Å². The maximum absolute atomic E-state index is 9.77. The van der Waals surface area contributed by atoms with Crippen molar-refractivity contribution in [3.8, 4) is 0 Å². The van der Waals surface area contributed by atoms with Gasteiger partial charge in [-0.3, -0.25) is 0 Å². The van der Waals surface area contributed by atoms with E-state index in [0.717, 1.165) is 18.5 Å². The van der Waals surface area contributed by atoms with Gasteiger partial charge >= 0.3 is 0 Å². The maximum atomic E-state index is 9.77. The van der Waals surface area contributed by atoms with Gasteiger partial charge in [0.1, 0.15) is 5.52 Å². The molecule has 0 saturated heterocycles. The molecule has 0 aliphatic carbocycles. The topological polar surface area (TPSA) is 98.8 Å². The number of anilines is 2. The standard InChI is InChI=1S/C12H20N6O/c1-4-5-13-11-17-9(14-6-12(2,3)19)8-10(18-11)16-7-15-8/h7,19H,4-6H2,1-3H3,(H3,13,14,15,16,17,18). The van der Waals surface area contributed by atoms with Crippen LogP contribution in [0.3, 0.4) is 0 Å². The van der Waals surface area contributed by atoms with Crippen LogP contribution in [0.2, 0.25) is 0 Å². The van der Waals surface area contributed by atoms with E-state index in [-0.39, 0.29) is 0 Å². The van der Waals surface area contributed by atoms with Crippen LogP contribution in [-0.2, 0) is 0 Å². The Morgan fingerprint density at radius 2 is 2.11 bits per heavy atom. The second kappa shape index (κ2) is 5.40. The van der Waals surface area contributed by atoms with Crippen molar-refractivity contribution < 1.29 is 5.11 Å². The predicted octanol–water partition coefficient (Wildman–Crippen LogP) is 1.36. The first-order valence-corrected chi connectivity index (χ1v) is 6.41. The summed E-state index contributed by atoms with van der Waals surface area (Å²) in [6.07, 6.45) is 2.58. The van der Waals surface area contributed by atoms with Crippen LogP contribution in [0.15, 0.2) is 6.33 Å². The van der Waals surface area contributed by atoms with Crippen molar-refractivity contribution in [2.75, 3.05) is 23.7 Å². The molecule has 0 saturated carbocycles. The summed E-state index contributed by atoms with van der Waals surface area (Å²) in [5.74, 6) is 1.18. The van der Waals surface area contributed by atoms with Crippen molar-refractivity contribution in [1.29, 1.82) is 0 Å². The number of fused-ring (bicyclic) bond motifs is 1. The number of aromatic amines is 1. The van der Waals surface area contributed by atoms with Gasteiger partial charge in [0.25, 0.3) is 0 Å². The number of rotatable bonds is 6. The summed E-state index contributed by atoms with van der Waals surface area (Å²) in [7, 11) is 0. The molecular formula is C12H20N6O. The maximum Gasteiger partial charge on any atom is 0.226 e. The van der Waals surface area contributed by atoms with Crippen molar-refractivity contribution >= 4 is 22.9 Å². The molecule has 0 radical (unpaired) electrons. The van der Waals surface area contributed by atoms with E-state index in [1.54, 1.807) is 20.2 Å². The molecule has 0 amide bonds. The molecule has 2 heterocycles. The van der Waals surface area contributed by atoms with Gasteiger partial charge in [-0.05, 0) is 20.3 Å². The quantitative estimate of drug-likeness (QED) is 0.629. The summed E-state index contributed by atoms with van der Waals surface area (Å²) in [5.41, 5.74) is 0.534. The van der Waals surface area contributed by atoms with E-state index >= 15 is 0 Å². The Balaban J connectivity index is 2.26. The van der Waals surface area contributed by atoms with Crippen molar-refractivity contribution in [2.24, 2.45) is 0 Å². The molecule has 7 nitrogen and oxygen atoms in total. The predicted molar refractivity (Wildman–Crippen MR) is 75.3 cm³/mol. The normalized spacial score (nSPS) is 11.8. The molecule has 0 unspecified atom stereocenters. The molecule has 2 rings (SSSR count). The van der Waals surface area contributed by atoms with Crippen molar-refractivity contribution in [1.82, 2.24) is 19.9 Å². The molecule has 0 fully saturated rings. The minimum Gasteiger partial charge on any atom is -0.389 e. The monoisotopic (exact) mass is 264 g/mol. The number of nitrogens with zero attached hydrogens (tertiary/aromatic N) is 3. The molecule has 0 atom stereocenters. The van der Waals surface area contributed by atoms with E-state index in [2.05, 4.69) is 37.5 Å². The number of H-pyrrole nitrogens is 1. The average molecular weight is 264 g/mol. The summed E-state index contributed by atoms with van der Waals surface area (Å²) in [4.78, 5) is 15.9. The highest BCUT2D eigenvalue weighted by atomic mass is 16.3. The van der Waals surface area contributed by atoms with Gasteiger partial charge in [-0.2, -0.15) is 9.97 Å². The highest BCUT2D eigenvalue weighted by Gasteiger charge is 2.15. The smallest absolute Gasteiger partial charge is 0.226 e. The lowest BCUT2D eigenvalue weighted by Gasteiger charge is -2.18. The van der Waals surface area contributed by atoms with Gasteiger partial charge in [0, 0.05) is 13.1 Å². The molecule has 0 bridgehead atoms. The number of hydrogen-bond donors (Lipinski definition) is 4. The van der Waals surface area contributed by atoms with Gasteiger partial charge in [0.2, 0.25) is 5.95 Å². The lowest BCUT2D eigenvalue weighted by atomic mass is 10.1. The summed E-state index contributed by atoms with van der Waals surface area (Å²) < 4.78 is 0. The Hall–Kier alpha value is -1.89. The Morgan fingerprint density at radius 3 is 2.79 bits per heavy atom. The molecule has 7 heteroatoms. The number of nitrogens with one attached hydrogen (secondary N) is 3. The van der Waals surface area contributed by atoms with Gasteiger partial charge in [-0.25, -0.2) is 4.98 Å². The van der Waals surface area contributed by atoms with E-state index in [0.29, 0.717) is 24.0 Å². The number of aliphatic hydroxyl groups is 1. The molecule has 104 valence electrons. The van der Waals surface area contributed by atoms with Gasteiger partial charge in [0.15, 0.2) is 11.5 Å². The third-order valence-electron chi connectivity index (χ3n) is 2.51. The molecule has 0 spiro atoms. The molecule has 0 aliphatic heterocycles. The summed E-state index contributed by atoms with van der Waals surface area (Å²) in [6.45, 7) is 6.75. The summed E-state index contributed by atoms with van der Waals surface area (Å²) in [5, 5.41) is 16.0. The Bertz CT molecular complexity index is 545. The zero-order valence-electron chi connectivity index (χ0n) is 11.5. The molecule has 2 aromatic heterocycles. The second-order valence-corrected chi connectivity index (χ2v) is 5.09. The first-order chi connectivity index (χ1) is 8.99. The summed E-state index contributed by atoms with van der Waals surface area (Å²) in [6, 6.07) is 0. The minimum absolute atomic E-state index is 0.394. The second-order valence-electron chi connectivity index (χ2n) is 5.09. The van der Waals surface area contributed by atoms with Crippen LogP contribution >= 0.6 is 0 Å². The Labute approximate surface area is 111 Å². The van der Waals surface area contributed by atoms with Crippen molar-refractivity contribution in [3.63, 3.8) is 0 Å². The van der Waals surface area contributed by atoms with Crippen LogP contribution in [0, 0.1) is 0 Å². The van der Waals surface area contributed by atoms with Crippen LogP contribution in [-0.4, -0.2) is 43.7 Å². The SMILES string of the molecule is CCCNc1nc(NCC(C)(C)O)c2[nH]cnc2n1. The zero-order chi connectivity index (χ0) is 13.9. The van der Waals surface area contributed by atoms with Gasteiger partial charge in [0.05, 0.1) is 11.9 Å². The molecule has 19 heavy (non-hydrogen) atoms. The lowest BCUT2D eigenvalue weighted by molar-refractivity contribution is 0.0944. The number of hydrogen-bond acceptors (Lipinski definition) is 6. The first kappa shape index (κ1) is 13.5. The van der Waals surface area contributed by atoms with Gasteiger partial charge in [-0.15, -0.1) is 0 Å². The third kappa shape index (κ3) is 3.54.